The largest absolute Gasteiger partial charge is 0.466 e. The Labute approximate surface area is 186 Å². The highest BCUT2D eigenvalue weighted by atomic mass is 19.1. The Bertz CT molecular complexity index is 902. The van der Waals surface area contributed by atoms with Gasteiger partial charge in [-0.05, 0) is 38.5 Å². The molecular formula is C22H29FN4O5. The van der Waals surface area contributed by atoms with E-state index in [1.165, 1.54) is 31.4 Å². The minimum atomic E-state index is -0.769. The van der Waals surface area contributed by atoms with E-state index in [-0.39, 0.29) is 18.2 Å². The van der Waals surface area contributed by atoms with Crippen LogP contribution >= 0.6 is 0 Å². The fraction of sp³-hybridized carbons (Fsp3) is 0.500. The van der Waals surface area contributed by atoms with Crippen LogP contribution in [0.2, 0.25) is 0 Å². The molecule has 2 N–H and O–H groups in total. The Morgan fingerprint density at radius 1 is 1.12 bits per heavy atom. The fourth-order valence-electron chi connectivity index (χ4n) is 3.64. The molecule has 10 heteroatoms. The Balaban J connectivity index is 1.77. The van der Waals surface area contributed by atoms with Gasteiger partial charge in [-0.2, -0.15) is 0 Å². The summed E-state index contributed by atoms with van der Waals surface area (Å²) in [5.41, 5.74) is 0.672. The molecule has 0 aliphatic carbocycles. The van der Waals surface area contributed by atoms with Crippen molar-refractivity contribution in [2.75, 3.05) is 39.8 Å². The second-order valence-electron chi connectivity index (χ2n) is 8.71. The van der Waals surface area contributed by atoms with Crippen molar-refractivity contribution < 1.29 is 28.2 Å². The first-order chi connectivity index (χ1) is 15.1. The standard InChI is InChI=1S/C22H29FN4O5/c1-22(2,3)32-21(30)27-11-9-26(10-12-27)13-16-17(19(28)31-4)18(25-20(29)24-16)14-5-7-15(23)8-6-14/h5-8,18H,9-13H2,1-4H3,(H2,24,25,29)/t18-/m1/s1. The molecule has 1 saturated heterocycles. The summed E-state index contributed by atoms with van der Waals surface area (Å²) in [6, 6.07) is 4.35. The number of nitrogens with one attached hydrogen (secondary N) is 2. The summed E-state index contributed by atoms with van der Waals surface area (Å²) in [5, 5.41) is 5.42. The lowest BCUT2D eigenvalue weighted by atomic mass is 9.95. The number of carbonyl (C=O) groups is 3. The summed E-state index contributed by atoms with van der Waals surface area (Å²) in [6.45, 7) is 7.76. The Hall–Kier alpha value is -3.14. The Kier molecular flexibility index (Phi) is 7.02. The number of amides is 3. The van der Waals surface area contributed by atoms with Crippen LogP contribution in [0.3, 0.4) is 0 Å². The molecule has 1 fully saturated rings. The van der Waals surface area contributed by atoms with Crippen molar-refractivity contribution >= 4 is 18.1 Å². The van der Waals surface area contributed by atoms with Crippen molar-refractivity contribution in [2.45, 2.75) is 32.4 Å². The highest BCUT2D eigenvalue weighted by Crippen LogP contribution is 2.28. The summed E-state index contributed by atoms with van der Waals surface area (Å²) in [6.07, 6.45) is -0.363. The predicted molar refractivity (Wildman–Crippen MR) is 114 cm³/mol. The molecule has 9 nitrogen and oxygen atoms in total. The first-order valence-electron chi connectivity index (χ1n) is 10.4. The number of rotatable bonds is 4. The van der Waals surface area contributed by atoms with Gasteiger partial charge in [0, 0.05) is 38.4 Å². The summed E-state index contributed by atoms with van der Waals surface area (Å²) >= 11 is 0. The predicted octanol–water partition coefficient (Wildman–Crippen LogP) is 2.16. The number of nitrogens with zero attached hydrogens (tertiary/aromatic N) is 2. The number of hydrogen-bond donors (Lipinski definition) is 2. The van der Waals surface area contributed by atoms with Crippen LogP contribution in [0, 0.1) is 5.82 Å². The third kappa shape index (κ3) is 5.76. The number of esters is 1. The number of methoxy groups -OCH3 is 1. The zero-order chi connectivity index (χ0) is 23.5. The van der Waals surface area contributed by atoms with Gasteiger partial charge in [-0.1, -0.05) is 12.1 Å². The van der Waals surface area contributed by atoms with Crippen molar-refractivity contribution in [1.82, 2.24) is 20.4 Å². The van der Waals surface area contributed by atoms with Gasteiger partial charge in [-0.15, -0.1) is 0 Å². The van der Waals surface area contributed by atoms with Gasteiger partial charge in [0.05, 0.1) is 18.7 Å². The lowest BCUT2D eigenvalue weighted by molar-refractivity contribution is -0.136. The molecule has 32 heavy (non-hydrogen) atoms. The normalized spacial score (nSPS) is 19.8. The van der Waals surface area contributed by atoms with Crippen LogP contribution < -0.4 is 10.6 Å². The first kappa shape index (κ1) is 23.5. The van der Waals surface area contributed by atoms with Crippen LogP contribution in [0.4, 0.5) is 14.0 Å². The molecule has 0 radical (unpaired) electrons. The van der Waals surface area contributed by atoms with E-state index in [1.807, 2.05) is 25.7 Å². The van der Waals surface area contributed by atoms with E-state index < -0.39 is 29.5 Å². The van der Waals surface area contributed by atoms with Crippen LogP contribution in [-0.2, 0) is 14.3 Å². The number of benzene rings is 1. The molecule has 2 heterocycles. The molecule has 174 valence electrons. The van der Waals surface area contributed by atoms with Gasteiger partial charge >= 0.3 is 18.1 Å². The average molecular weight is 448 g/mol. The molecule has 2 aliphatic rings. The van der Waals surface area contributed by atoms with E-state index in [0.29, 0.717) is 37.4 Å². The molecule has 0 spiro atoms. The second-order valence-corrected chi connectivity index (χ2v) is 8.71. The van der Waals surface area contributed by atoms with Gasteiger partial charge < -0.3 is 25.0 Å². The van der Waals surface area contributed by atoms with E-state index in [4.69, 9.17) is 9.47 Å². The topological polar surface area (TPSA) is 100 Å². The smallest absolute Gasteiger partial charge is 0.410 e. The molecule has 1 atom stereocenters. The minimum absolute atomic E-state index is 0.258. The third-order valence-electron chi connectivity index (χ3n) is 5.17. The lowest BCUT2D eigenvalue weighted by Crippen LogP contribution is -2.53. The summed E-state index contributed by atoms with van der Waals surface area (Å²) in [7, 11) is 1.27. The maximum Gasteiger partial charge on any atom is 0.410 e. The van der Waals surface area contributed by atoms with E-state index in [0.717, 1.165) is 0 Å². The highest BCUT2D eigenvalue weighted by molar-refractivity contribution is 5.95. The SMILES string of the molecule is COC(=O)C1=C(CN2CCN(C(=O)OC(C)(C)C)CC2)NC(=O)N[C@@H]1c1ccc(F)cc1. The molecule has 0 saturated carbocycles. The Morgan fingerprint density at radius 3 is 2.31 bits per heavy atom. The zero-order valence-corrected chi connectivity index (χ0v) is 18.7. The van der Waals surface area contributed by atoms with Crippen LogP contribution in [-0.4, -0.2) is 73.3 Å². The molecule has 0 aromatic heterocycles. The van der Waals surface area contributed by atoms with Crippen molar-refractivity contribution in [3.8, 4) is 0 Å². The van der Waals surface area contributed by atoms with Crippen molar-refractivity contribution in [3.05, 3.63) is 46.9 Å². The summed E-state index contributed by atoms with van der Waals surface area (Å²) in [5.74, 6) is -1.00. The number of carbonyl (C=O) groups excluding carboxylic acids is 3. The number of urea groups is 1. The molecule has 2 aliphatic heterocycles. The zero-order valence-electron chi connectivity index (χ0n) is 18.7. The van der Waals surface area contributed by atoms with Gasteiger partial charge in [-0.3, -0.25) is 4.90 Å². The maximum atomic E-state index is 13.4. The van der Waals surface area contributed by atoms with Gasteiger partial charge in [0.2, 0.25) is 0 Å². The molecule has 3 amide bonds. The number of piperazine rings is 1. The van der Waals surface area contributed by atoms with Gasteiger partial charge in [0.25, 0.3) is 0 Å². The molecule has 1 aromatic rings. The number of halogens is 1. The summed E-state index contributed by atoms with van der Waals surface area (Å²) < 4.78 is 23.8. The van der Waals surface area contributed by atoms with Gasteiger partial charge in [0.1, 0.15) is 11.4 Å². The molecule has 3 rings (SSSR count). The van der Waals surface area contributed by atoms with Crippen LogP contribution in [0.15, 0.2) is 35.5 Å². The first-order valence-corrected chi connectivity index (χ1v) is 10.4. The van der Waals surface area contributed by atoms with Crippen molar-refractivity contribution in [3.63, 3.8) is 0 Å². The van der Waals surface area contributed by atoms with Crippen LogP contribution in [0.5, 0.6) is 0 Å². The average Bonchev–Trinajstić information content (AvgIpc) is 2.72. The quantitative estimate of drug-likeness (QED) is 0.685. The molecule has 0 unspecified atom stereocenters. The summed E-state index contributed by atoms with van der Waals surface area (Å²) in [4.78, 5) is 40.9. The van der Waals surface area contributed by atoms with Gasteiger partial charge in [0.15, 0.2) is 0 Å². The van der Waals surface area contributed by atoms with Crippen molar-refractivity contribution in [2.24, 2.45) is 0 Å². The van der Waals surface area contributed by atoms with E-state index in [2.05, 4.69) is 10.6 Å². The molecular weight excluding hydrogens is 419 g/mol. The van der Waals surface area contributed by atoms with E-state index in [9.17, 15) is 18.8 Å². The number of ether oxygens (including phenoxy) is 2. The van der Waals surface area contributed by atoms with Crippen LogP contribution in [0.1, 0.15) is 32.4 Å². The maximum absolute atomic E-state index is 13.4. The highest BCUT2D eigenvalue weighted by Gasteiger charge is 2.35. The van der Waals surface area contributed by atoms with Gasteiger partial charge in [-0.25, -0.2) is 18.8 Å². The monoisotopic (exact) mass is 448 g/mol. The lowest BCUT2D eigenvalue weighted by Gasteiger charge is -2.37. The minimum Gasteiger partial charge on any atom is -0.466 e. The van der Waals surface area contributed by atoms with Crippen molar-refractivity contribution in [1.29, 1.82) is 0 Å². The van der Waals surface area contributed by atoms with E-state index >= 15 is 0 Å². The second kappa shape index (κ2) is 9.56. The molecule has 0 bridgehead atoms. The van der Waals surface area contributed by atoms with E-state index in [1.54, 1.807) is 4.90 Å². The third-order valence-corrected chi connectivity index (χ3v) is 5.17. The van der Waals surface area contributed by atoms with Crippen LogP contribution in [0.25, 0.3) is 0 Å². The molecule has 1 aromatic carbocycles. The fourth-order valence-corrected chi connectivity index (χ4v) is 3.64. The number of hydrogen-bond acceptors (Lipinski definition) is 6. The Morgan fingerprint density at radius 2 is 1.75 bits per heavy atom.